The maximum absolute atomic E-state index is 12.5. The molecule has 4 rings (SSSR count). The van der Waals surface area contributed by atoms with Gasteiger partial charge in [0, 0.05) is 22.3 Å². The third kappa shape index (κ3) is 4.34. The number of rotatable bonds is 7. The van der Waals surface area contributed by atoms with Crippen molar-refractivity contribution in [3.05, 3.63) is 89.5 Å². The summed E-state index contributed by atoms with van der Waals surface area (Å²) in [5.41, 5.74) is 2.03. The molecule has 4 aromatic rings. The first-order valence-electron chi connectivity index (χ1n) is 9.66. The van der Waals surface area contributed by atoms with E-state index in [9.17, 15) is 9.59 Å². The molecule has 1 N–H and O–H groups in total. The third-order valence-corrected chi connectivity index (χ3v) is 4.72. The zero-order valence-electron chi connectivity index (χ0n) is 17.4. The number of benzene rings is 3. The van der Waals surface area contributed by atoms with Gasteiger partial charge < -0.3 is 13.9 Å². The summed E-state index contributed by atoms with van der Waals surface area (Å²) in [5.74, 6) is 0.739. The predicted octanol–water partition coefficient (Wildman–Crippen LogP) is 4.24. The lowest BCUT2D eigenvalue weighted by Gasteiger charge is -2.07. The van der Waals surface area contributed by atoms with Crippen molar-refractivity contribution in [3.63, 3.8) is 0 Å². The van der Waals surface area contributed by atoms with Crippen molar-refractivity contribution in [1.29, 1.82) is 0 Å². The second kappa shape index (κ2) is 9.13. The van der Waals surface area contributed by atoms with Crippen LogP contribution in [0.4, 0.5) is 6.01 Å². The number of anilines is 1. The fourth-order valence-corrected chi connectivity index (χ4v) is 3.06. The van der Waals surface area contributed by atoms with Gasteiger partial charge in [-0.15, -0.1) is 5.10 Å². The highest BCUT2D eigenvalue weighted by molar-refractivity contribution is 6.10. The summed E-state index contributed by atoms with van der Waals surface area (Å²) in [4.78, 5) is 25.0. The molecule has 0 saturated carbocycles. The quantitative estimate of drug-likeness (QED) is 0.438. The number of nitrogens with one attached hydrogen (secondary N) is 1. The third-order valence-electron chi connectivity index (χ3n) is 4.72. The normalized spacial score (nSPS) is 10.4. The molecule has 0 unspecified atom stereocenters. The molecule has 1 heterocycles. The summed E-state index contributed by atoms with van der Waals surface area (Å²) in [5, 5.41) is 10.4. The Morgan fingerprint density at radius 2 is 1.44 bits per heavy atom. The molecule has 0 radical (unpaired) electrons. The molecule has 0 spiro atoms. The van der Waals surface area contributed by atoms with Crippen LogP contribution in [0.25, 0.3) is 11.5 Å². The van der Waals surface area contributed by atoms with Gasteiger partial charge in [0.15, 0.2) is 17.3 Å². The van der Waals surface area contributed by atoms with E-state index in [0.29, 0.717) is 33.8 Å². The van der Waals surface area contributed by atoms with E-state index in [1.54, 1.807) is 73.8 Å². The van der Waals surface area contributed by atoms with Crippen molar-refractivity contribution in [2.24, 2.45) is 0 Å². The molecule has 0 atom stereocenters. The van der Waals surface area contributed by atoms with Crippen LogP contribution in [0, 0.1) is 0 Å². The molecule has 1 aromatic heterocycles. The number of hydrogen-bond donors (Lipinski definition) is 1. The number of methoxy groups -OCH3 is 2. The number of hydrogen-bond acceptors (Lipinski definition) is 7. The Hall–Kier alpha value is -4.46. The van der Waals surface area contributed by atoms with Gasteiger partial charge >= 0.3 is 6.01 Å². The van der Waals surface area contributed by atoms with Crippen LogP contribution in [0.3, 0.4) is 0 Å². The number of aromatic nitrogens is 2. The smallest absolute Gasteiger partial charge is 0.322 e. The van der Waals surface area contributed by atoms with Gasteiger partial charge in [-0.25, -0.2) is 0 Å². The van der Waals surface area contributed by atoms with Crippen LogP contribution >= 0.6 is 0 Å². The number of amides is 1. The van der Waals surface area contributed by atoms with Gasteiger partial charge in [-0.2, -0.15) is 0 Å². The number of carbonyl (C=O) groups excluding carboxylic acids is 2. The Bertz CT molecular complexity index is 1250. The molecule has 0 aliphatic carbocycles. The van der Waals surface area contributed by atoms with E-state index in [2.05, 4.69) is 15.5 Å². The number of ketones is 1. The molecule has 0 saturated heterocycles. The van der Waals surface area contributed by atoms with Gasteiger partial charge in [0.25, 0.3) is 5.91 Å². The fraction of sp³-hybridized carbons (Fsp3) is 0.0833. The van der Waals surface area contributed by atoms with E-state index in [4.69, 9.17) is 13.9 Å². The summed E-state index contributed by atoms with van der Waals surface area (Å²) in [7, 11) is 3.07. The summed E-state index contributed by atoms with van der Waals surface area (Å²) in [6.45, 7) is 0. The first-order chi connectivity index (χ1) is 15.6. The van der Waals surface area contributed by atoms with Crippen molar-refractivity contribution in [1.82, 2.24) is 10.2 Å². The van der Waals surface area contributed by atoms with Gasteiger partial charge in [-0.3, -0.25) is 14.9 Å². The average molecular weight is 429 g/mol. The molecule has 0 fully saturated rings. The lowest BCUT2D eigenvalue weighted by molar-refractivity contribution is 0.101. The minimum absolute atomic E-state index is 0.0516. The summed E-state index contributed by atoms with van der Waals surface area (Å²) in [6.07, 6.45) is 0. The molecule has 8 nitrogen and oxygen atoms in total. The zero-order chi connectivity index (χ0) is 22.5. The van der Waals surface area contributed by atoms with Gasteiger partial charge in [-0.1, -0.05) is 47.6 Å². The first-order valence-corrected chi connectivity index (χ1v) is 9.66. The van der Waals surface area contributed by atoms with Crippen LogP contribution in [-0.2, 0) is 0 Å². The van der Waals surface area contributed by atoms with Gasteiger partial charge in [0.05, 0.1) is 14.2 Å². The maximum Gasteiger partial charge on any atom is 0.322 e. The van der Waals surface area contributed by atoms with Gasteiger partial charge in [-0.05, 0) is 30.3 Å². The fourth-order valence-electron chi connectivity index (χ4n) is 3.06. The molecule has 0 bridgehead atoms. The van der Waals surface area contributed by atoms with E-state index < -0.39 is 5.91 Å². The SMILES string of the molecule is COc1ccc(-c2nnc(NC(=O)c3ccc(C(=O)c4ccccc4)cc3)o2)cc1OC. The molecule has 3 aromatic carbocycles. The van der Waals surface area contributed by atoms with E-state index in [1.807, 2.05) is 6.07 Å². The minimum atomic E-state index is -0.439. The van der Waals surface area contributed by atoms with E-state index in [0.717, 1.165) is 0 Å². The molecule has 0 aliphatic rings. The summed E-state index contributed by atoms with van der Waals surface area (Å²) in [6, 6.07) is 20.4. The molecule has 0 aliphatic heterocycles. The first kappa shape index (κ1) is 20.8. The van der Waals surface area contributed by atoms with Crippen LogP contribution in [0.1, 0.15) is 26.3 Å². The number of ether oxygens (including phenoxy) is 2. The Morgan fingerprint density at radius 1 is 0.781 bits per heavy atom. The molecular formula is C24H19N3O5. The predicted molar refractivity (Wildman–Crippen MR) is 117 cm³/mol. The molecular weight excluding hydrogens is 410 g/mol. The Labute approximate surface area is 183 Å². The van der Waals surface area contributed by atoms with Crippen LogP contribution in [0.2, 0.25) is 0 Å². The van der Waals surface area contributed by atoms with E-state index >= 15 is 0 Å². The highest BCUT2D eigenvalue weighted by Crippen LogP contribution is 2.32. The van der Waals surface area contributed by atoms with Crippen molar-refractivity contribution in [2.45, 2.75) is 0 Å². The lowest BCUT2D eigenvalue weighted by Crippen LogP contribution is -2.12. The van der Waals surface area contributed by atoms with Gasteiger partial charge in [0.2, 0.25) is 5.89 Å². The second-order valence-electron chi connectivity index (χ2n) is 6.71. The van der Waals surface area contributed by atoms with Crippen LogP contribution in [-0.4, -0.2) is 36.1 Å². The maximum atomic E-state index is 12.5. The van der Waals surface area contributed by atoms with Crippen LogP contribution in [0.15, 0.2) is 77.2 Å². The van der Waals surface area contributed by atoms with Crippen molar-refractivity contribution in [3.8, 4) is 23.0 Å². The molecule has 1 amide bonds. The highest BCUT2D eigenvalue weighted by Gasteiger charge is 2.15. The Morgan fingerprint density at radius 3 is 2.12 bits per heavy atom. The zero-order valence-corrected chi connectivity index (χ0v) is 17.4. The van der Waals surface area contributed by atoms with Crippen molar-refractivity contribution < 1.29 is 23.5 Å². The molecule has 8 heteroatoms. The topological polar surface area (TPSA) is 104 Å². The monoisotopic (exact) mass is 429 g/mol. The van der Waals surface area contributed by atoms with Gasteiger partial charge in [0.1, 0.15) is 0 Å². The minimum Gasteiger partial charge on any atom is -0.493 e. The van der Waals surface area contributed by atoms with E-state index in [1.165, 1.54) is 7.11 Å². The molecule has 160 valence electrons. The van der Waals surface area contributed by atoms with Crippen LogP contribution in [0.5, 0.6) is 11.5 Å². The second-order valence-corrected chi connectivity index (χ2v) is 6.71. The number of nitrogens with zero attached hydrogens (tertiary/aromatic N) is 2. The summed E-state index contributed by atoms with van der Waals surface area (Å²) >= 11 is 0. The van der Waals surface area contributed by atoms with Crippen LogP contribution < -0.4 is 14.8 Å². The highest BCUT2D eigenvalue weighted by atomic mass is 16.5. The van der Waals surface area contributed by atoms with E-state index in [-0.39, 0.29) is 17.7 Å². The molecule has 32 heavy (non-hydrogen) atoms. The largest absolute Gasteiger partial charge is 0.493 e. The van der Waals surface area contributed by atoms with Crippen molar-refractivity contribution >= 4 is 17.7 Å². The Kier molecular flexibility index (Phi) is 5.94. The lowest BCUT2D eigenvalue weighted by atomic mass is 10.0. The van der Waals surface area contributed by atoms with Crippen molar-refractivity contribution in [2.75, 3.05) is 19.5 Å². The summed E-state index contributed by atoms with van der Waals surface area (Å²) < 4.78 is 16.0. The average Bonchev–Trinajstić information content (AvgIpc) is 3.32. The Balaban J connectivity index is 1.46. The standard InChI is InChI=1S/C24H19N3O5/c1-30-19-13-12-18(14-20(19)31-2)23-26-27-24(32-23)25-22(29)17-10-8-16(9-11-17)21(28)15-6-4-3-5-7-15/h3-14H,1-2H3,(H,25,27,29). The number of carbonyl (C=O) groups is 2.